The number of halogens is 3. The zero-order chi connectivity index (χ0) is 27.7. The van der Waals surface area contributed by atoms with E-state index in [9.17, 15) is 13.6 Å². The van der Waals surface area contributed by atoms with Gasteiger partial charge in [0.2, 0.25) is 12.3 Å². The van der Waals surface area contributed by atoms with Crippen molar-refractivity contribution in [2.75, 3.05) is 43.6 Å². The highest BCUT2D eigenvalue weighted by molar-refractivity contribution is 6.31. The Bertz CT molecular complexity index is 1190. The molecule has 0 spiro atoms. The fourth-order valence-corrected chi connectivity index (χ4v) is 4.21. The number of rotatable bonds is 9. The van der Waals surface area contributed by atoms with Crippen LogP contribution < -0.4 is 9.80 Å². The number of aldehydes is 1. The van der Waals surface area contributed by atoms with Crippen molar-refractivity contribution in [3.05, 3.63) is 53.1 Å². The van der Waals surface area contributed by atoms with Crippen LogP contribution in [0.2, 0.25) is 5.02 Å². The molecule has 1 N–H and O–H groups in total. The van der Waals surface area contributed by atoms with Gasteiger partial charge in [-0.05, 0) is 63.3 Å². The summed E-state index contributed by atoms with van der Waals surface area (Å²) in [6, 6.07) is 9.05. The van der Waals surface area contributed by atoms with E-state index in [0.717, 1.165) is 49.4 Å². The molecule has 0 saturated carbocycles. The summed E-state index contributed by atoms with van der Waals surface area (Å²) >= 11 is 6.30. The number of anilines is 2. The summed E-state index contributed by atoms with van der Waals surface area (Å²) in [6.07, 6.45) is 1.79. The summed E-state index contributed by atoms with van der Waals surface area (Å²) in [5, 5.41) is 15.0. The normalized spacial score (nSPS) is 14.1. The number of likely N-dealkylation sites (tertiary alicyclic amines) is 1. The van der Waals surface area contributed by atoms with Crippen molar-refractivity contribution in [3.8, 4) is 11.5 Å². The molecule has 13 heteroatoms. The second kappa shape index (κ2) is 13.9. The third-order valence-corrected chi connectivity index (χ3v) is 6.23. The molecule has 10 nitrogen and oxygen atoms in total. The van der Waals surface area contributed by atoms with Crippen LogP contribution >= 0.6 is 11.6 Å². The molecule has 2 aromatic heterocycles. The van der Waals surface area contributed by atoms with Gasteiger partial charge in [0.25, 0.3) is 5.89 Å². The summed E-state index contributed by atoms with van der Waals surface area (Å²) < 4.78 is 30.4. The van der Waals surface area contributed by atoms with E-state index in [1.165, 1.54) is 6.20 Å². The molecule has 0 atom stereocenters. The Morgan fingerprint density at radius 2 is 1.89 bits per heavy atom. The number of hydrogen-bond acceptors (Lipinski definition) is 9. The lowest BCUT2D eigenvalue weighted by Gasteiger charge is -2.37. The summed E-state index contributed by atoms with van der Waals surface area (Å²) in [7, 11) is 3.98. The van der Waals surface area contributed by atoms with Crippen molar-refractivity contribution in [1.29, 1.82) is 0 Å². The van der Waals surface area contributed by atoms with E-state index in [2.05, 4.69) is 27.1 Å². The predicted molar refractivity (Wildman–Crippen MR) is 138 cm³/mol. The molecule has 1 amide bonds. The van der Waals surface area contributed by atoms with Gasteiger partial charge in [-0.25, -0.2) is 0 Å². The topological polar surface area (TPSA) is 116 Å². The highest BCUT2D eigenvalue weighted by Crippen LogP contribution is 2.35. The maximum absolute atomic E-state index is 12.7. The summed E-state index contributed by atoms with van der Waals surface area (Å²) in [5.74, 6) is -0.740. The predicted octanol–water partition coefficient (Wildman–Crippen LogP) is 3.59. The molecule has 1 aliphatic heterocycles. The molecule has 204 valence electrons. The van der Waals surface area contributed by atoms with Gasteiger partial charge in [-0.15, -0.1) is 10.2 Å². The van der Waals surface area contributed by atoms with Gasteiger partial charge in [0.05, 0.1) is 35.8 Å². The molecule has 0 bridgehead atoms. The van der Waals surface area contributed by atoms with Crippen LogP contribution in [0.4, 0.5) is 20.2 Å². The van der Waals surface area contributed by atoms with Gasteiger partial charge < -0.3 is 29.0 Å². The van der Waals surface area contributed by atoms with E-state index >= 15 is 0 Å². The van der Waals surface area contributed by atoms with Crippen LogP contribution in [0.15, 0.2) is 40.9 Å². The van der Waals surface area contributed by atoms with Crippen molar-refractivity contribution in [1.82, 2.24) is 20.1 Å². The Balaban J connectivity index is 0.000000934. The molecular formula is C25H29ClF2N6O4. The number of amides is 1. The van der Waals surface area contributed by atoms with Crippen LogP contribution in [0.3, 0.4) is 0 Å². The average Bonchev–Trinajstić information content (AvgIpc) is 3.42. The van der Waals surface area contributed by atoms with Crippen molar-refractivity contribution in [2.45, 2.75) is 31.9 Å². The largest absolute Gasteiger partial charge is 0.415 e. The van der Waals surface area contributed by atoms with Gasteiger partial charge in [-0.1, -0.05) is 11.6 Å². The summed E-state index contributed by atoms with van der Waals surface area (Å²) in [5.41, 5.74) is 2.77. The van der Waals surface area contributed by atoms with Gasteiger partial charge in [-0.2, -0.15) is 8.78 Å². The van der Waals surface area contributed by atoms with Crippen LogP contribution in [0.1, 0.15) is 30.9 Å². The average molecular weight is 551 g/mol. The van der Waals surface area contributed by atoms with Gasteiger partial charge in [0.1, 0.15) is 6.29 Å². The SMILES string of the molecule is CN1CCC(N(C=O)c2ccc(Cl)cc2N(C)Cc2ccc(-c3nnc(C(F)F)o3)cn2)CC1.O=CCO. The van der Waals surface area contributed by atoms with Gasteiger partial charge in [0.15, 0.2) is 0 Å². The number of pyridine rings is 1. The molecule has 4 rings (SSSR count). The first-order chi connectivity index (χ1) is 18.3. The van der Waals surface area contributed by atoms with Crippen molar-refractivity contribution in [3.63, 3.8) is 0 Å². The summed E-state index contributed by atoms with van der Waals surface area (Å²) in [6.45, 7) is 1.94. The quantitative estimate of drug-likeness (QED) is 0.399. The van der Waals surface area contributed by atoms with E-state index < -0.39 is 12.3 Å². The van der Waals surface area contributed by atoms with E-state index in [1.54, 1.807) is 23.1 Å². The van der Waals surface area contributed by atoms with Crippen LogP contribution in [0.5, 0.6) is 0 Å². The number of alkyl halides is 2. The minimum absolute atomic E-state index is 0.0143. The smallest absolute Gasteiger partial charge is 0.314 e. The Morgan fingerprint density at radius 1 is 1.18 bits per heavy atom. The molecule has 1 aliphatic rings. The number of nitrogens with zero attached hydrogens (tertiary/aromatic N) is 6. The molecule has 1 saturated heterocycles. The van der Waals surface area contributed by atoms with Gasteiger partial charge in [-0.3, -0.25) is 9.78 Å². The maximum atomic E-state index is 12.7. The van der Waals surface area contributed by atoms with E-state index in [-0.39, 0.29) is 18.5 Å². The zero-order valence-electron chi connectivity index (χ0n) is 21.0. The first kappa shape index (κ1) is 29.1. The lowest BCUT2D eigenvalue weighted by molar-refractivity contribution is -0.110. The minimum Gasteiger partial charge on any atom is -0.415 e. The standard InChI is InChI=1S/C23H25ClF2N6O2.C2H4O2/c1-30-9-7-18(8-10-30)32(14-33)19-6-4-16(24)11-20(19)31(2)13-17-5-3-15(12-27-17)22-28-29-23(34-22)21(25)26;3-1-2-4/h3-6,11-12,14,18,21H,7-10,13H2,1-2H3;1,4H,2H2. The maximum Gasteiger partial charge on any atom is 0.314 e. The second-order valence-corrected chi connectivity index (χ2v) is 9.11. The van der Waals surface area contributed by atoms with E-state index in [1.807, 2.05) is 24.1 Å². The van der Waals surface area contributed by atoms with Gasteiger partial charge >= 0.3 is 6.43 Å². The molecule has 1 fully saturated rings. The van der Waals surface area contributed by atoms with E-state index in [0.29, 0.717) is 23.4 Å². The van der Waals surface area contributed by atoms with Crippen molar-refractivity contribution < 1.29 is 27.9 Å². The Labute approximate surface area is 223 Å². The second-order valence-electron chi connectivity index (χ2n) is 8.67. The Kier molecular flexibility index (Phi) is 10.6. The first-order valence-electron chi connectivity index (χ1n) is 11.8. The lowest BCUT2D eigenvalue weighted by Crippen LogP contribution is -2.43. The molecular weight excluding hydrogens is 522 g/mol. The highest BCUT2D eigenvalue weighted by Gasteiger charge is 2.26. The molecule has 0 unspecified atom stereocenters. The first-order valence-corrected chi connectivity index (χ1v) is 12.2. The molecule has 38 heavy (non-hydrogen) atoms. The number of carbonyl (C=O) groups excluding carboxylic acids is 2. The monoisotopic (exact) mass is 550 g/mol. The summed E-state index contributed by atoms with van der Waals surface area (Å²) in [4.78, 5) is 31.5. The Morgan fingerprint density at radius 3 is 2.45 bits per heavy atom. The van der Waals surface area contributed by atoms with E-state index in [4.69, 9.17) is 25.9 Å². The Hall–Kier alpha value is -3.48. The number of benzene rings is 1. The highest BCUT2D eigenvalue weighted by atomic mass is 35.5. The zero-order valence-corrected chi connectivity index (χ0v) is 21.8. The third kappa shape index (κ3) is 7.53. The van der Waals surface area contributed by atoms with Crippen LogP contribution in [-0.4, -0.2) is 77.7 Å². The molecule has 0 radical (unpaired) electrons. The fraction of sp³-hybridized carbons (Fsp3) is 0.400. The van der Waals surface area contributed by atoms with Crippen molar-refractivity contribution in [2.24, 2.45) is 0 Å². The number of piperidine rings is 1. The molecule has 3 aromatic rings. The molecule has 1 aromatic carbocycles. The number of carbonyl (C=O) groups is 2. The number of aliphatic hydroxyl groups is 1. The minimum atomic E-state index is -2.82. The molecule has 3 heterocycles. The number of aromatic nitrogens is 3. The van der Waals surface area contributed by atoms with Crippen molar-refractivity contribution >= 4 is 35.7 Å². The molecule has 0 aliphatic carbocycles. The number of aliphatic hydroxyl groups excluding tert-OH is 1. The fourth-order valence-electron chi connectivity index (χ4n) is 4.05. The van der Waals surface area contributed by atoms with Gasteiger partial charge in [0, 0.05) is 24.3 Å². The van der Waals surface area contributed by atoms with Crippen LogP contribution in [0, 0.1) is 0 Å². The van der Waals surface area contributed by atoms with Crippen LogP contribution in [0.25, 0.3) is 11.5 Å². The van der Waals surface area contributed by atoms with Crippen LogP contribution in [-0.2, 0) is 16.1 Å². The third-order valence-electron chi connectivity index (χ3n) is 5.99. The number of hydrogen-bond donors (Lipinski definition) is 1. The lowest BCUT2D eigenvalue weighted by atomic mass is 10.0.